The third-order valence-electron chi connectivity index (χ3n) is 5.15. The third-order valence-corrected chi connectivity index (χ3v) is 5.79. The summed E-state index contributed by atoms with van der Waals surface area (Å²) in [4.78, 5) is 41.8. The zero-order valence-electron chi connectivity index (χ0n) is 17.1. The third kappa shape index (κ3) is 5.63. The Morgan fingerprint density at radius 3 is 1.97 bits per heavy atom. The Labute approximate surface area is 181 Å². The van der Waals surface area contributed by atoms with E-state index in [1.165, 1.54) is 0 Å². The molecule has 0 unspecified atom stereocenters. The molecule has 7 heteroatoms. The van der Waals surface area contributed by atoms with Crippen molar-refractivity contribution < 1.29 is 14.4 Å². The molecular weight excluding hydrogens is 398 g/mol. The van der Waals surface area contributed by atoms with Crippen molar-refractivity contribution in [3.05, 3.63) is 71.8 Å². The number of piperazine rings is 1. The molecule has 0 spiro atoms. The van der Waals surface area contributed by atoms with Crippen molar-refractivity contribution in [3.63, 3.8) is 0 Å². The predicted octanol–water partition coefficient (Wildman–Crippen LogP) is 2.52. The molecule has 1 heterocycles. The largest absolute Gasteiger partial charge is 0.340 e. The maximum Gasteiger partial charge on any atom is 0.253 e. The van der Waals surface area contributed by atoms with Gasteiger partial charge in [0.2, 0.25) is 5.91 Å². The molecule has 0 bridgehead atoms. The van der Waals surface area contributed by atoms with Crippen LogP contribution in [0.1, 0.15) is 27.1 Å². The average molecular weight is 426 g/mol. The first kappa shape index (κ1) is 21.9. The van der Waals surface area contributed by atoms with Crippen molar-refractivity contribution in [3.8, 4) is 0 Å². The zero-order valence-corrected chi connectivity index (χ0v) is 17.9. The van der Waals surface area contributed by atoms with Crippen molar-refractivity contribution in [2.45, 2.75) is 12.5 Å². The van der Waals surface area contributed by atoms with Crippen LogP contribution < -0.4 is 5.32 Å². The summed E-state index contributed by atoms with van der Waals surface area (Å²) in [5, 5.41) is 2.90. The predicted molar refractivity (Wildman–Crippen MR) is 120 cm³/mol. The minimum atomic E-state index is -0.568. The van der Waals surface area contributed by atoms with Crippen molar-refractivity contribution >= 4 is 29.5 Å². The number of thioether (sulfide) groups is 1. The first-order chi connectivity index (χ1) is 14.6. The Bertz CT molecular complexity index is 853. The summed E-state index contributed by atoms with van der Waals surface area (Å²) in [6.07, 6.45) is 2.55. The van der Waals surface area contributed by atoms with Crippen LogP contribution in [-0.4, -0.2) is 71.8 Å². The van der Waals surface area contributed by atoms with Crippen LogP contribution in [0.4, 0.5) is 0 Å². The minimum absolute atomic E-state index is 0.0148. The number of rotatable bonds is 7. The molecule has 6 nitrogen and oxygen atoms in total. The van der Waals surface area contributed by atoms with Gasteiger partial charge in [-0.25, -0.2) is 0 Å². The Kier molecular flexibility index (Phi) is 7.90. The summed E-state index contributed by atoms with van der Waals surface area (Å²) in [6, 6.07) is 17.5. The summed E-state index contributed by atoms with van der Waals surface area (Å²) in [7, 11) is 0. The van der Waals surface area contributed by atoms with E-state index in [0.29, 0.717) is 43.7 Å². The number of hydrogen-bond donors (Lipinski definition) is 1. The topological polar surface area (TPSA) is 69.7 Å². The number of nitrogens with zero attached hydrogens (tertiary/aromatic N) is 2. The molecule has 3 amide bonds. The van der Waals surface area contributed by atoms with Crippen molar-refractivity contribution in [2.75, 3.05) is 38.2 Å². The lowest BCUT2D eigenvalue weighted by Crippen LogP contribution is -2.56. The van der Waals surface area contributed by atoms with Gasteiger partial charge in [-0.1, -0.05) is 36.4 Å². The van der Waals surface area contributed by atoms with Gasteiger partial charge >= 0.3 is 0 Å². The van der Waals surface area contributed by atoms with E-state index in [1.54, 1.807) is 58.0 Å². The molecule has 1 aliphatic heterocycles. The molecule has 1 saturated heterocycles. The average Bonchev–Trinajstić information content (AvgIpc) is 2.82. The summed E-state index contributed by atoms with van der Waals surface area (Å²) < 4.78 is 0. The van der Waals surface area contributed by atoms with E-state index in [4.69, 9.17) is 0 Å². The van der Waals surface area contributed by atoms with E-state index in [0.717, 1.165) is 5.75 Å². The second kappa shape index (κ2) is 10.8. The molecule has 1 fully saturated rings. The SMILES string of the molecule is CSCC[C@@H](NC(=O)c1ccccc1)C(=O)N1CCN(C(=O)c2ccccc2)CC1. The fraction of sp³-hybridized carbons (Fsp3) is 0.348. The smallest absolute Gasteiger partial charge is 0.253 e. The van der Waals surface area contributed by atoms with Gasteiger partial charge in [-0.3, -0.25) is 14.4 Å². The van der Waals surface area contributed by atoms with E-state index in [1.807, 2.05) is 30.5 Å². The highest BCUT2D eigenvalue weighted by atomic mass is 32.2. The lowest BCUT2D eigenvalue weighted by Gasteiger charge is -2.36. The first-order valence-corrected chi connectivity index (χ1v) is 11.5. The molecule has 2 aromatic carbocycles. The van der Waals surface area contributed by atoms with Crippen LogP contribution in [0.25, 0.3) is 0 Å². The van der Waals surface area contributed by atoms with E-state index in [-0.39, 0.29) is 17.7 Å². The van der Waals surface area contributed by atoms with Crippen LogP contribution in [-0.2, 0) is 4.79 Å². The zero-order chi connectivity index (χ0) is 21.3. The first-order valence-electron chi connectivity index (χ1n) is 10.1. The molecular formula is C23H27N3O3S. The van der Waals surface area contributed by atoms with Crippen LogP contribution in [0.2, 0.25) is 0 Å². The second-order valence-corrected chi connectivity index (χ2v) is 8.14. The van der Waals surface area contributed by atoms with Gasteiger partial charge in [-0.15, -0.1) is 0 Å². The number of carbonyl (C=O) groups excluding carboxylic acids is 3. The van der Waals surface area contributed by atoms with Gasteiger partial charge in [0, 0.05) is 37.3 Å². The van der Waals surface area contributed by atoms with Gasteiger partial charge in [0.25, 0.3) is 11.8 Å². The molecule has 2 aromatic rings. The molecule has 0 saturated carbocycles. The van der Waals surface area contributed by atoms with E-state index in [2.05, 4.69) is 5.32 Å². The van der Waals surface area contributed by atoms with E-state index in [9.17, 15) is 14.4 Å². The van der Waals surface area contributed by atoms with Gasteiger partial charge in [0.1, 0.15) is 6.04 Å². The lowest BCUT2D eigenvalue weighted by atomic mass is 10.1. The molecule has 158 valence electrons. The Hall–Kier alpha value is -2.80. The molecule has 30 heavy (non-hydrogen) atoms. The maximum absolute atomic E-state index is 13.1. The molecule has 1 aliphatic rings. The van der Waals surface area contributed by atoms with Gasteiger partial charge in [0.15, 0.2) is 0 Å². The molecule has 0 aliphatic carbocycles. The molecule has 1 N–H and O–H groups in total. The maximum atomic E-state index is 13.1. The van der Waals surface area contributed by atoms with Gasteiger partial charge in [-0.2, -0.15) is 11.8 Å². The Morgan fingerprint density at radius 1 is 0.867 bits per heavy atom. The van der Waals surface area contributed by atoms with E-state index < -0.39 is 6.04 Å². The highest BCUT2D eigenvalue weighted by Crippen LogP contribution is 2.12. The summed E-state index contributed by atoms with van der Waals surface area (Å²) in [5.41, 5.74) is 1.20. The fourth-order valence-corrected chi connectivity index (χ4v) is 3.91. The number of carbonyl (C=O) groups is 3. The molecule has 0 aromatic heterocycles. The quantitative estimate of drug-likeness (QED) is 0.740. The fourth-order valence-electron chi connectivity index (χ4n) is 3.44. The van der Waals surface area contributed by atoms with Crippen LogP contribution in [0.3, 0.4) is 0 Å². The summed E-state index contributed by atoms with van der Waals surface area (Å²) in [5.74, 6) is 0.435. The second-order valence-electron chi connectivity index (χ2n) is 7.16. The molecule has 0 radical (unpaired) electrons. The Morgan fingerprint density at radius 2 is 1.40 bits per heavy atom. The number of amides is 3. The highest BCUT2D eigenvalue weighted by Gasteiger charge is 2.30. The minimum Gasteiger partial charge on any atom is -0.340 e. The number of nitrogens with one attached hydrogen (secondary N) is 1. The van der Waals surface area contributed by atoms with Gasteiger partial charge in [-0.05, 0) is 42.7 Å². The molecule has 1 atom stereocenters. The summed E-state index contributed by atoms with van der Waals surface area (Å²) >= 11 is 1.64. The standard InChI is InChI=1S/C23H27N3O3S/c1-30-17-12-20(24-21(27)18-8-4-2-5-9-18)23(29)26-15-13-25(14-16-26)22(28)19-10-6-3-7-11-19/h2-11,20H,12-17H2,1H3,(H,24,27)/t20-/m1/s1. The van der Waals surface area contributed by atoms with Crippen molar-refractivity contribution in [2.24, 2.45) is 0 Å². The summed E-state index contributed by atoms with van der Waals surface area (Å²) in [6.45, 7) is 1.91. The Balaban J connectivity index is 1.60. The lowest BCUT2D eigenvalue weighted by molar-refractivity contribution is -0.134. The van der Waals surface area contributed by atoms with Crippen molar-refractivity contribution in [1.82, 2.24) is 15.1 Å². The van der Waals surface area contributed by atoms with Crippen LogP contribution in [0.5, 0.6) is 0 Å². The number of hydrogen-bond acceptors (Lipinski definition) is 4. The van der Waals surface area contributed by atoms with Crippen LogP contribution in [0, 0.1) is 0 Å². The van der Waals surface area contributed by atoms with Crippen LogP contribution in [0.15, 0.2) is 60.7 Å². The highest BCUT2D eigenvalue weighted by molar-refractivity contribution is 7.98. The monoisotopic (exact) mass is 425 g/mol. The van der Waals surface area contributed by atoms with Crippen LogP contribution >= 0.6 is 11.8 Å². The molecule has 3 rings (SSSR count). The van der Waals surface area contributed by atoms with Gasteiger partial charge < -0.3 is 15.1 Å². The normalized spacial score (nSPS) is 14.8. The number of benzene rings is 2. The van der Waals surface area contributed by atoms with E-state index >= 15 is 0 Å². The van der Waals surface area contributed by atoms with Gasteiger partial charge in [0.05, 0.1) is 0 Å². The van der Waals surface area contributed by atoms with Crippen molar-refractivity contribution in [1.29, 1.82) is 0 Å².